The number of benzene rings is 1. The number of aliphatic hydroxyl groups is 1. The van der Waals surface area contributed by atoms with Gasteiger partial charge in [-0.05, 0) is 26.8 Å². The van der Waals surface area contributed by atoms with Crippen molar-refractivity contribution in [2.75, 3.05) is 0 Å². The lowest BCUT2D eigenvalue weighted by atomic mass is 10.1. The van der Waals surface area contributed by atoms with Crippen LogP contribution in [0, 0.1) is 10.1 Å². The summed E-state index contributed by atoms with van der Waals surface area (Å²) in [4.78, 5) is 10.1. The first kappa shape index (κ1) is 12.4. The highest BCUT2D eigenvalue weighted by Crippen LogP contribution is 2.29. The summed E-state index contributed by atoms with van der Waals surface area (Å²) in [5.41, 5.74) is 0.384. The van der Waals surface area contributed by atoms with E-state index in [2.05, 4.69) is 0 Å². The molecule has 0 amide bonds. The highest BCUT2D eigenvalue weighted by atomic mass is 16.6. The molecule has 16 heavy (non-hydrogen) atoms. The van der Waals surface area contributed by atoms with Crippen LogP contribution in [0.3, 0.4) is 0 Å². The first-order chi connectivity index (χ1) is 7.41. The van der Waals surface area contributed by atoms with Crippen LogP contribution in [0.1, 0.15) is 32.4 Å². The van der Waals surface area contributed by atoms with Gasteiger partial charge in [0.1, 0.15) is 5.75 Å². The van der Waals surface area contributed by atoms with Crippen molar-refractivity contribution < 1.29 is 14.8 Å². The maximum Gasteiger partial charge on any atom is 0.270 e. The van der Waals surface area contributed by atoms with E-state index < -0.39 is 11.0 Å². The van der Waals surface area contributed by atoms with Crippen LogP contribution in [-0.2, 0) is 0 Å². The lowest BCUT2D eigenvalue weighted by Gasteiger charge is -2.15. The minimum atomic E-state index is -0.798. The Balaban J connectivity index is 3.14. The van der Waals surface area contributed by atoms with Crippen LogP contribution >= 0.6 is 0 Å². The van der Waals surface area contributed by atoms with Crippen molar-refractivity contribution in [3.8, 4) is 5.75 Å². The normalized spacial score (nSPS) is 12.6. The van der Waals surface area contributed by atoms with Gasteiger partial charge in [0, 0.05) is 17.7 Å². The van der Waals surface area contributed by atoms with Crippen molar-refractivity contribution in [1.29, 1.82) is 0 Å². The molecule has 1 N–H and O–H groups in total. The molecule has 1 aromatic rings. The molecule has 0 unspecified atom stereocenters. The van der Waals surface area contributed by atoms with Gasteiger partial charge >= 0.3 is 0 Å². The largest absolute Gasteiger partial charge is 0.491 e. The van der Waals surface area contributed by atoms with E-state index >= 15 is 0 Å². The van der Waals surface area contributed by atoms with Gasteiger partial charge in [-0.2, -0.15) is 0 Å². The van der Waals surface area contributed by atoms with E-state index in [1.165, 1.54) is 18.2 Å². The minimum absolute atomic E-state index is 0.0426. The van der Waals surface area contributed by atoms with E-state index in [4.69, 9.17) is 4.74 Å². The van der Waals surface area contributed by atoms with Gasteiger partial charge in [0.2, 0.25) is 0 Å². The zero-order valence-corrected chi connectivity index (χ0v) is 9.51. The van der Waals surface area contributed by atoms with Gasteiger partial charge in [-0.3, -0.25) is 10.1 Å². The molecule has 88 valence electrons. The fourth-order valence-electron chi connectivity index (χ4n) is 1.34. The smallest absolute Gasteiger partial charge is 0.270 e. The Morgan fingerprint density at radius 2 is 2.00 bits per heavy atom. The van der Waals surface area contributed by atoms with Gasteiger partial charge in [-0.15, -0.1) is 0 Å². The average Bonchev–Trinajstić information content (AvgIpc) is 2.16. The van der Waals surface area contributed by atoms with E-state index in [1.807, 2.05) is 13.8 Å². The molecule has 0 bridgehead atoms. The number of nitro groups is 1. The van der Waals surface area contributed by atoms with Gasteiger partial charge in [0.15, 0.2) is 0 Å². The van der Waals surface area contributed by atoms with Crippen LogP contribution in [0.25, 0.3) is 0 Å². The first-order valence-corrected chi connectivity index (χ1v) is 5.05. The van der Waals surface area contributed by atoms with Crippen molar-refractivity contribution in [2.24, 2.45) is 0 Å². The fourth-order valence-corrected chi connectivity index (χ4v) is 1.34. The Bertz CT molecular complexity index is 388. The maximum absolute atomic E-state index is 10.6. The van der Waals surface area contributed by atoms with Crippen molar-refractivity contribution in [1.82, 2.24) is 0 Å². The third-order valence-electron chi connectivity index (χ3n) is 2.02. The Kier molecular flexibility index (Phi) is 3.84. The molecule has 0 aliphatic heterocycles. The number of rotatable bonds is 4. The molecular formula is C11H15NO4. The summed E-state index contributed by atoms with van der Waals surface area (Å²) in [7, 11) is 0. The van der Waals surface area contributed by atoms with Gasteiger partial charge in [-0.1, -0.05) is 0 Å². The molecule has 5 heteroatoms. The summed E-state index contributed by atoms with van der Waals surface area (Å²) >= 11 is 0. The Hall–Kier alpha value is -1.62. The molecule has 0 radical (unpaired) electrons. The van der Waals surface area contributed by atoms with Crippen molar-refractivity contribution in [2.45, 2.75) is 33.0 Å². The maximum atomic E-state index is 10.6. The predicted octanol–water partition coefficient (Wildman–Crippen LogP) is 2.44. The molecule has 1 atom stereocenters. The second kappa shape index (κ2) is 4.94. The van der Waals surface area contributed by atoms with Crippen molar-refractivity contribution in [3.05, 3.63) is 33.9 Å². The molecule has 0 aliphatic rings. The van der Waals surface area contributed by atoms with Gasteiger partial charge in [-0.25, -0.2) is 0 Å². The van der Waals surface area contributed by atoms with Crippen LogP contribution in [0.5, 0.6) is 5.75 Å². The number of nitrogens with zero attached hydrogens (tertiary/aromatic N) is 1. The minimum Gasteiger partial charge on any atom is -0.491 e. The molecule has 5 nitrogen and oxygen atoms in total. The Morgan fingerprint density at radius 3 is 2.44 bits per heavy atom. The number of non-ortho nitro benzene ring substituents is 1. The van der Waals surface area contributed by atoms with Crippen LogP contribution in [0.4, 0.5) is 5.69 Å². The van der Waals surface area contributed by atoms with E-state index in [9.17, 15) is 15.2 Å². The van der Waals surface area contributed by atoms with Gasteiger partial charge < -0.3 is 9.84 Å². The summed E-state index contributed by atoms with van der Waals surface area (Å²) < 4.78 is 5.46. The molecule has 0 aromatic heterocycles. The summed E-state index contributed by atoms with van der Waals surface area (Å²) in [5, 5.41) is 20.1. The highest BCUT2D eigenvalue weighted by Gasteiger charge is 2.15. The molecule has 1 rings (SSSR count). The summed E-state index contributed by atoms with van der Waals surface area (Å²) in [5.74, 6) is 0.482. The number of hydrogen-bond donors (Lipinski definition) is 1. The van der Waals surface area contributed by atoms with Crippen LogP contribution in [0.2, 0.25) is 0 Å². The van der Waals surface area contributed by atoms with Crippen LogP contribution in [-0.4, -0.2) is 16.1 Å². The molecule has 0 aliphatic carbocycles. The van der Waals surface area contributed by atoms with E-state index in [-0.39, 0.29) is 11.8 Å². The summed E-state index contributed by atoms with van der Waals surface area (Å²) in [6.07, 6.45) is -0.840. The number of aliphatic hydroxyl groups excluding tert-OH is 1. The standard InChI is InChI=1S/C11H15NO4/c1-7(2)16-11-5-4-9(12(14)15)6-10(11)8(3)13/h4-8,13H,1-3H3/t8-/m0/s1. The van der Waals surface area contributed by atoms with E-state index in [0.717, 1.165) is 0 Å². The van der Waals surface area contributed by atoms with Gasteiger partial charge in [0.25, 0.3) is 5.69 Å². The third-order valence-corrected chi connectivity index (χ3v) is 2.02. The highest BCUT2D eigenvalue weighted by molar-refractivity contribution is 5.44. The summed E-state index contributed by atoms with van der Waals surface area (Å²) in [6.45, 7) is 5.26. The number of hydrogen-bond acceptors (Lipinski definition) is 4. The lowest BCUT2D eigenvalue weighted by molar-refractivity contribution is -0.385. The molecule has 0 heterocycles. The van der Waals surface area contributed by atoms with Crippen LogP contribution < -0.4 is 4.74 Å². The lowest BCUT2D eigenvalue weighted by Crippen LogP contribution is -2.08. The van der Waals surface area contributed by atoms with Crippen LogP contribution in [0.15, 0.2) is 18.2 Å². The zero-order valence-electron chi connectivity index (χ0n) is 9.51. The number of ether oxygens (including phenoxy) is 1. The second-order valence-corrected chi connectivity index (χ2v) is 3.82. The molecule has 0 spiro atoms. The van der Waals surface area contributed by atoms with Gasteiger partial charge in [0.05, 0.1) is 17.1 Å². The second-order valence-electron chi connectivity index (χ2n) is 3.82. The monoisotopic (exact) mass is 225 g/mol. The predicted molar refractivity (Wildman–Crippen MR) is 59.5 cm³/mol. The fraction of sp³-hybridized carbons (Fsp3) is 0.455. The topological polar surface area (TPSA) is 72.6 Å². The summed E-state index contributed by atoms with van der Waals surface area (Å²) in [6, 6.07) is 4.21. The van der Waals surface area contributed by atoms with Crippen molar-refractivity contribution >= 4 is 5.69 Å². The number of nitro benzene ring substituents is 1. The van der Waals surface area contributed by atoms with E-state index in [0.29, 0.717) is 11.3 Å². The average molecular weight is 225 g/mol. The molecule has 0 fully saturated rings. The quantitative estimate of drug-likeness (QED) is 0.631. The SMILES string of the molecule is CC(C)Oc1ccc([N+](=O)[O-])cc1[C@H](C)O. The molecule has 0 saturated heterocycles. The Labute approximate surface area is 93.8 Å². The molecular weight excluding hydrogens is 210 g/mol. The first-order valence-electron chi connectivity index (χ1n) is 5.05. The zero-order chi connectivity index (χ0) is 12.3. The molecule has 1 aromatic carbocycles. The van der Waals surface area contributed by atoms with Crippen molar-refractivity contribution in [3.63, 3.8) is 0 Å². The Morgan fingerprint density at radius 1 is 1.38 bits per heavy atom. The molecule has 0 saturated carbocycles. The van der Waals surface area contributed by atoms with E-state index in [1.54, 1.807) is 6.92 Å². The third kappa shape index (κ3) is 2.93.